The van der Waals surface area contributed by atoms with Crippen LogP contribution in [0.1, 0.15) is 65.7 Å². The zero-order chi connectivity index (χ0) is 28.3. The third-order valence-electron chi connectivity index (χ3n) is 8.00. The highest BCUT2D eigenvalue weighted by Gasteiger charge is 2.41. The molecule has 3 unspecified atom stereocenters. The Balaban J connectivity index is 1.16. The molecular weight excluding hydrogens is 523 g/mol. The average molecular weight is 557 g/mol. The van der Waals surface area contributed by atoms with E-state index in [9.17, 15) is 14.0 Å². The molecule has 2 heterocycles. The van der Waals surface area contributed by atoms with Crippen molar-refractivity contribution in [1.29, 1.82) is 0 Å². The summed E-state index contributed by atoms with van der Waals surface area (Å²) in [6.45, 7) is 3.15. The van der Waals surface area contributed by atoms with E-state index in [1.807, 2.05) is 25.1 Å². The lowest BCUT2D eigenvalue weighted by Gasteiger charge is -2.44. The molecule has 2 amide bonds. The van der Waals surface area contributed by atoms with Crippen molar-refractivity contribution in [2.75, 3.05) is 13.2 Å². The van der Waals surface area contributed by atoms with Crippen LogP contribution in [0.2, 0.25) is 0 Å². The van der Waals surface area contributed by atoms with E-state index in [2.05, 4.69) is 5.32 Å². The van der Waals surface area contributed by atoms with Crippen LogP contribution in [-0.4, -0.2) is 42.1 Å². The smallest absolute Gasteiger partial charge is 0.289 e. The minimum atomic E-state index is -0.318. The van der Waals surface area contributed by atoms with E-state index in [0.717, 1.165) is 36.8 Å². The van der Waals surface area contributed by atoms with Gasteiger partial charge in [-0.25, -0.2) is 4.39 Å². The molecule has 0 aromatic heterocycles. The molecule has 3 aliphatic rings. The predicted molar refractivity (Wildman–Crippen MR) is 152 cm³/mol. The molecular formula is C33H33FN2O5. The van der Waals surface area contributed by atoms with E-state index >= 15 is 0 Å². The van der Waals surface area contributed by atoms with Crippen LogP contribution in [0.15, 0.2) is 72.5 Å². The largest absolute Gasteiger partial charge is 0.486 e. The van der Waals surface area contributed by atoms with E-state index < -0.39 is 0 Å². The van der Waals surface area contributed by atoms with Crippen LogP contribution in [0, 0.1) is 5.82 Å². The molecule has 7 nitrogen and oxygen atoms in total. The van der Waals surface area contributed by atoms with Gasteiger partial charge in [0, 0.05) is 17.7 Å². The molecule has 1 aliphatic carbocycles. The van der Waals surface area contributed by atoms with E-state index in [-0.39, 0.29) is 48.1 Å². The SMILES string of the molecule is CC(NC(=O)c1ccc(/C=C2/OC3CCCCC3N(Cc3ccccc3F)C2=O)cc1)c1ccc2c(c1)OCCO2. The summed E-state index contributed by atoms with van der Waals surface area (Å²) in [6.07, 6.45) is 5.33. The number of carbonyl (C=O) groups excluding carboxylic acids is 2. The van der Waals surface area contributed by atoms with Gasteiger partial charge in [0.05, 0.1) is 12.1 Å². The number of benzene rings is 3. The van der Waals surface area contributed by atoms with Gasteiger partial charge >= 0.3 is 0 Å². The Labute approximate surface area is 238 Å². The number of carbonyl (C=O) groups is 2. The van der Waals surface area contributed by atoms with E-state index in [1.54, 1.807) is 53.4 Å². The summed E-state index contributed by atoms with van der Waals surface area (Å²) >= 11 is 0. The average Bonchev–Trinajstić information content (AvgIpc) is 3.00. The summed E-state index contributed by atoms with van der Waals surface area (Å²) in [4.78, 5) is 28.3. The Morgan fingerprint density at radius 1 is 1.02 bits per heavy atom. The first-order valence-electron chi connectivity index (χ1n) is 14.2. The summed E-state index contributed by atoms with van der Waals surface area (Å²) in [5, 5.41) is 3.02. The van der Waals surface area contributed by atoms with Crippen LogP contribution in [0.3, 0.4) is 0 Å². The lowest BCUT2D eigenvalue weighted by molar-refractivity contribution is -0.149. The number of nitrogens with one attached hydrogen (secondary N) is 1. The molecule has 1 saturated carbocycles. The zero-order valence-electron chi connectivity index (χ0n) is 23.0. The lowest BCUT2D eigenvalue weighted by Crippen LogP contribution is -2.54. The second-order valence-corrected chi connectivity index (χ2v) is 10.8. The number of morpholine rings is 1. The van der Waals surface area contributed by atoms with Gasteiger partial charge in [-0.1, -0.05) is 42.8 Å². The van der Waals surface area contributed by atoms with Gasteiger partial charge in [-0.2, -0.15) is 0 Å². The van der Waals surface area contributed by atoms with Gasteiger partial charge in [-0.3, -0.25) is 9.59 Å². The molecule has 2 fully saturated rings. The maximum atomic E-state index is 14.5. The van der Waals surface area contributed by atoms with Crippen molar-refractivity contribution in [2.45, 2.75) is 57.3 Å². The van der Waals surface area contributed by atoms with Crippen LogP contribution in [0.5, 0.6) is 11.5 Å². The van der Waals surface area contributed by atoms with Crippen molar-refractivity contribution in [3.05, 3.63) is 101 Å². The van der Waals surface area contributed by atoms with Crippen molar-refractivity contribution in [1.82, 2.24) is 10.2 Å². The van der Waals surface area contributed by atoms with Gasteiger partial charge in [0.1, 0.15) is 25.1 Å². The van der Waals surface area contributed by atoms with Gasteiger partial charge in [0.25, 0.3) is 11.8 Å². The van der Waals surface area contributed by atoms with Crippen molar-refractivity contribution >= 4 is 17.9 Å². The first-order valence-corrected chi connectivity index (χ1v) is 14.2. The third kappa shape index (κ3) is 5.78. The highest BCUT2D eigenvalue weighted by atomic mass is 19.1. The van der Waals surface area contributed by atoms with Gasteiger partial charge in [-0.15, -0.1) is 0 Å². The van der Waals surface area contributed by atoms with Crippen LogP contribution in [0.25, 0.3) is 6.08 Å². The molecule has 0 spiro atoms. The van der Waals surface area contributed by atoms with Gasteiger partial charge < -0.3 is 24.4 Å². The van der Waals surface area contributed by atoms with Crippen molar-refractivity contribution in [3.63, 3.8) is 0 Å². The summed E-state index contributed by atoms with van der Waals surface area (Å²) in [6, 6.07) is 19.0. The summed E-state index contributed by atoms with van der Waals surface area (Å²) < 4.78 is 31.9. The van der Waals surface area contributed by atoms with Crippen LogP contribution < -0.4 is 14.8 Å². The Bertz CT molecular complexity index is 1470. The number of nitrogens with zero attached hydrogens (tertiary/aromatic N) is 1. The fourth-order valence-electron chi connectivity index (χ4n) is 5.75. The topological polar surface area (TPSA) is 77.1 Å². The first kappa shape index (κ1) is 26.9. The van der Waals surface area contributed by atoms with E-state index in [4.69, 9.17) is 14.2 Å². The second kappa shape index (κ2) is 11.6. The molecule has 0 radical (unpaired) electrons. The van der Waals surface area contributed by atoms with Crippen molar-refractivity contribution < 1.29 is 28.2 Å². The van der Waals surface area contributed by atoms with Crippen molar-refractivity contribution in [2.24, 2.45) is 0 Å². The molecule has 2 aliphatic heterocycles. The highest BCUT2D eigenvalue weighted by molar-refractivity contribution is 5.97. The molecule has 3 aromatic rings. The molecule has 1 N–H and O–H groups in total. The third-order valence-corrected chi connectivity index (χ3v) is 8.00. The molecule has 1 saturated heterocycles. The number of rotatable bonds is 6. The molecule has 3 atom stereocenters. The van der Waals surface area contributed by atoms with Crippen LogP contribution in [0.4, 0.5) is 4.39 Å². The highest BCUT2D eigenvalue weighted by Crippen LogP contribution is 2.35. The van der Waals surface area contributed by atoms with Crippen LogP contribution in [-0.2, 0) is 16.1 Å². The maximum absolute atomic E-state index is 14.5. The standard InChI is InChI=1S/C33H33FN2O5/c1-21(24-14-15-29-30(19-24)40-17-16-39-29)35-32(37)23-12-10-22(11-13-23)18-31-33(38)36(20-25-6-2-3-7-26(25)34)27-8-4-5-9-28(27)41-31/h2-3,6-7,10-15,18-19,21,27-28H,4-5,8-9,16-17,20H2,1H3,(H,35,37)/b31-18+. The number of halogens is 1. The van der Waals surface area contributed by atoms with Gasteiger partial charge in [0.15, 0.2) is 17.3 Å². The first-order chi connectivity index (χ1) is 20.0. The molecule has 8 heteroatoms. The number of fused-ring (bicyclic) bond motifs is 2. The Morgan fingerprint density at radius 2 is 1.78 bits per heavy atom. The fourth-order valence-corrected chi connectivity index (χ4v) is 5.75. The van der Waals surface area contributed by atoms with Crippen molar-refractivity contribution in [3.8, 4) is 11.5 Å². The van der Waals surface area contributed by atoms with Gasteiger partial charge in [0.2, 0.25) is 0 Å². The number of amides is 2. The fraction of sp³-hybridized carbons (Fsp3) is 0.333. The van der Waals surface area contributed by atoms with Gasteiger partial charge in [-0.05, 0) is 73.7 Å². The number of hydrogen-bond acceptors (Lipinski definition) is 5. The number of ether oxygens (including phenoxy) is 3. The summed E-state index contributed by atoms with van der Waals surface area (Å²) in [5.74, 6) is 0.858. The summed E-state index contributed by atoms with van der Waals surface area (Å²) in [7, 11) is 0. The van der Waals surface area contributed by atoms with Crippen LogP contribution >= 0.6 is 0 Å². The Hall–Kier alpha value is -4.33. The maximum Gasteiger partial charge on any atom is 0.289 e. The lowest BCUT2D eigenvalue weighted by atomic mass is 9.89. The van der Waals surface area contributed by atoms with E-state index in [1.165, 1.54) is 6.07 Å². The molecule has 0 bridgehead atoms. The molecule has 212 valence electrons. The zero-order valence-corrected chi connectivity index (χ0v) is 23.0. The quantitative estimate of drug-likeness (QED) is 0.389. The minimum Gasteiger partial charge on any atom is -0.486 e. The minimum absolute atomic E-state index is 0.0738. The monoisotopic (exact) mass is 556 g/mol. The molecule has 3 aromatic carbocycles. The Kier molecular flexibility index (Phi) is 7.63. The normalized spacial score (nSPS) is 21.6. The second-order valence-electron chi connectivity index (χ2n) is 10.8. The van der Waals surface area contributed by atoms with E-state index in [0.29, 0.717) is 35.8 Å². The number of hydrogen-bond donors (Lipinski definition) is 1. The predicted octanol–water partition coefficient (Wildman–Crippen LogP) is 5.80. The molecule has 6 rings (SSSR count). The summed E-state index contributed by atoms with van der Waals surface area (Å²) in [5.41, 5.74) is 2.65. The Morgan fingerprint density at radius 3 is 2.59 bits per heavy atom. The molecule has 41 heavy (non-hydrogen) atoms.